The van der Waals surface area contributed by atoms with Crippen LogP contribution in [-0.2, 0) is 41.4 Å². The third-order valence-corrected chi connectivity index (χ3v) is 9.61. The normalized spacial score (nSPS) is 24.7. The number of unbranched alkanes of at least 4 members (excludes halogenated alkanes) is 1. The molecular weight excluding hydrogens is 641 g/mol. The highest BCUT2D eigenvalue weighted by molar-refractivity contribution is 7.15. The van der Waals surface area contributed by atoms with E-state index in [9.17, 15) is 9.59 Å². The van der Waals surface area contributed by atoms with Crippen molar-refractivity contribution in [2.24, 2.45) is 0 Å². The summed E-state index contributed by atoms with van der Waals surface area (Å²) in [6.07, 6.45) is 1.14. The van der Waals surface area contributed by atoms with E-state index in [1.54, 1.807) is 34.6 Å². The van der Waals surface area contributed by atoms with E-state index in [2.05, 4.69) is 31.0 Å². The van der Waals surface area contributed by atoms with Gasteiger partial charge in [-0.25, -0.2) is 0 Å². The van der Waals surface area contributed by atoms with Gasteiger partial charge in [0.1, 0.15) is 22.2 Å². The molecule has 12 nitrogen and oxygen atoms in total. The van der Waals surface area contributed by atoms with Crippen LogP contribution in [0.4, 0.5) is 10.3 Å². The van der Waals surface area contributed by atoms with Crippen molar-refractivity contribution in [1.29, 1.82) is 0 Å². The van der Waals surface area contributed by atoms with E-state index in [4.69, 9.17) is 18.9 Å². The first kappa shape index (κ1) is 33.2. The van der Waals surface area contributed by atoms with Crippen LogP contribution in [0.3, 0.4) is 0 Å². The first-order valence-corrected chi connectivity index (χ1v) is 17.1. The van der Waals surface area contributed by atoms with Crippen LogP contribution >= 0.6 is 22.7 Å². The van der Waals surface area contributed by atoms with Crippen LogP contribution in [-0.4, -0.2) is 55.5 Å². The second-order valence-corrected chi connectivity index (χ2v) is 14.7. The third-order valence-electron chi connectivity index (χ3n) is 7.81. The van der Waals surface area contributed by atoms with Crippen molar-refractivity contribution < 1.29 is 28.5 Å². The summed E-state index contributed by atoms with van der Waals surface area (Å²) < 4.78 is 24.2. The van der Waals surface area contributed by atoms with Crippen molar-refractivity contribution in [3.8, 4) is 0 Å². The summed E-state index contributed by atoms with van der Waals surface area (Å²) in [4.78, 5) is 26.6. The van der Waals surface area contributed by atoms with E-state index in [1.807, 2.05) is 60.7 Å². The van der Waals surface area contributed by atoms with Gasteiger partial charge >= 0.3 is 0 Å². The van der Waals surface area contributed by atoms with Crippen molar-refractivity contribution in [3.05, 3.63) is 81.8 Å². The maximum atomic E-state index is 13.5. The molecule has 4 aromatic rings. The molecule has 2 aromatic carbocycles. The summed E-state index contributed by atoms with van der Waals surface area (Å²) in [7, 11) is 0. The second kappa shape index (κ2) is 13.5. The van der Waals surface area contributed by atoms with Crippen LogP contribution in [0, 0.1) is 0 Å². The van der Waals surface area contributed by atoms with Crippen LogP contribution in [0.2, 0.25) is 0 Å². The predicted molar refractivity (Wildman–Crippen MR) is 177 cm³/mol. The Morgan fingerprint density at radius 1 is 0.702 bits per heavy atom. The minimum absolute atomic E-state index is 0.327. The highest BCUT2D eigenvalue weighted by atomic mass is 32.1. The van der Waals surface area contributed by atoms with Crippen molar-refractivity contribution in [2.75, 3.05) is 10.6 Å². The van der Waals surface area contributed by atoms with Crippen LogP contribution in [0.5, 0.6) is 0 Å². The Morgan fingerprint density at radius 2 is 1.26 bits per heavy atom. The summed E-state index contributed by atoms with van der Waals surface area (Å²) in [5.41, 5.74) is 0.472. The fraction of sp³-hybridized carbons (Fsp3) is 0.455. The van der Waals surface area contributed by atoms with Crippen molar-refractivity contribution in [2.45, 2.75) is 95.8 Å². The SMILES string of the molecule is CC1(C)O[C@@H](C(=O)Nc2nnc(CCCCc3nnc(NC(=O)[C@@]4(C)OC(C)(C)O[C@H]4c4ccccc4)s3)s2)[C@H](c2ccccc2)O1. The number of benzene rings is 2. The summed E-state index contributed by atoms with van der Waals surface area (Å²) >= 11 is 2.68. The first-order valence-electron chi connectivity index (χ1n) is 15.5. The minimum atomic E-state index is -1.26. The van der Waals surface area contributed by atoms with Gasteiger partial charge in [-0.3, -0.25) is 20.2 Å². The monoisotopic (exact) mass is 678 g/mol. The molecule has 2 aliphatic rings. The number of hydrogen-bond donors (Lipinski definition) is 2. The predicted octanol–water partition coefficient (Wildman–Crippen LogP) is 6.01. The third kappa shape index (κ3) is 7.74. The Kier molecular flexibility index (Phi) is 9.52. The molecule has 2 aromatic heterocycles. The van der Waals surface area contributed by atoms with E-state index < -0.39 is 35.5 Å². The van der Waals surface area contributed by atoms with Crippen LogP contribution < -0.4 is 10.6 Å². The Labute approximate surface area is 281 Å². The van der Waals surface area contributed by atoms with Gasteiger partial charge in [0.25, 0.3) is 11.8 Å². The number of aryl methyl sites for hydroxylation is 2. The summed E-state index contributed by atoms with van der Waals surface area (Å²) in [5, 5.41) is 25.1. The number of nitrogens with zero attached hydrogens (tertiary/aromatic N) is 4. The number of carbonyl (C=O) groups is 2. The average molecular weight is 679 g/mol. The van der Waals surface area contributed by atoms with E-state index in [0.717, 1.165) is 34.0 Å². The fourth-order valence-corrected chi connectivity index (χ4v) is 7.32. The van der Waals surface area contributed by atoms with E-state index in [-0.39, 0.29) is 11.8 Å². The molecule has 0 aliphatic carbocycles. The first-order chi connectivity index (χ1) is 22.4. The summed E-state index contributed by atoms with van der Waals surface area (Å²) in [6.45, 7) is 8.92. The maximum absolute atomic E-state index is 13.5. The number of aromatic nitrogens is 4. The van der Waals surface area contributed by atoms with Crippen LogP contribution in [0.1, 0.15) is 80.8 Å². The molecule has 2 aliphatic heterocycles. The van der Waals surface area contributed by atoms with Crippen molar-refractivity contribution in [3.63, 3.8) is 0 Å². The van der Waals surface area contributed by atoms with Gasteiger partial charge in [0, 0.05) is 12.8 Å². The zero-order chi connectivity index (χ0) is 33.2. The average Bonchev–Trinajstić information content (AvgIpc) is 3.81. The number of nitrogens with one attached hydrogen (secondary N) is 2. The molecular formula is C33H38N6O6S2. The molecule has 0 unspecified atom stereocenters. The minimum Gasteiger partial charge on any atom is -0.339 e. The Bertz CT molecular complexity index is 1700. The zero-order valence-electron chi connectivity index (χ0n) is 26.9. The lowest BCUT2D eigenvalue weighted by Gasteiger charge is -2.27. The molecule has 0 bridgehead atoms. The number of amides is 2. The number of hydrogen-bond acceptors (Lipinski definition) is 12. The Morgan fingerprint density at radius 3 is 1.85 bits per heavy atom. The van der Waals surface area contributed by atoms with E-state index >= 15 is 0 Å². The van der Waals surface area contributed by atoms with Crippen molar-refractivity contribution in [1.82, 2.24) is 20.4 Å². The van der Waals surface area contributed by atoms with Crippen LogP contribution in [0.25, 0.3) is 0 Å². The zero-order valence-corrected chi connectivity index (χ0v) is 28.5. The van der Waals surface area contributed by atoms with E-state index in [0.29, 0.717) is 23.1 Å². The fourth-order valence-electron chi connectivity index (χ4n) is 5.76. The molecule has 4 atom stereocenters. The number of carbonyl (C=O) groups excluding carboxylic acids is 2. The molecule has 0 radical (unpaired) electrons. The van der Waals surface area contributed by atoms with Gasteiger partial charge in [-0.1, -0.05) is 83.3 Å². The largest absolute Gasteiger partial charge is 0.339 e. The molecule has 2 amide bonds. The van der Waals surface area contributed by atoms with Gasteiger partial charge in [-0.2, -0.15) is 0 Å². The lowest BCUT2D eigenvalue weighted by atomic mass is 9.92. The molecule has 14 heteroatoms. The van der Waals surface area contributed by atoms with Gasteiger partial charge in [0.2, 0.25) is 10.3 Å². The van der Waals surface area contributed by atoms with E-state index in [1.165, 1.54) is 22.7 Å². The molecule has 6 rings (SSSR count). The molecule has 47 heavy (non-hydrogen) atoms. The standard InChI is InChI=1S/C33H38N6O6S2/c1-31(2)42-24(20-14-8-6-9-15-20)25(43-31)27(40)34-29-38-36-22(46-29)18-12-13-19-23-37-39-30(47-23)35-28(41)33(5)26(44-32(3,4)45-33)21-16-10-7-11-17-21/h6-11,14-17,24-26H,12-13,18-19H2,1-5H3,(H,34,38,40)(H,35,39,41)/t24-,25+,26-,33-/m0/s1. The number of ether oxygens (including phenoxy) is 4. The Hall–Kier alpha value is -3.66. The van der Waals surface area contributed by atoms with Gasteiger partial charge < -0.3 is 18.9 Å². The lowest BCUT2D eigenvalue weighted by molar-refractivity contribution is -0.168. The maximum Gasteiger partial charge on any atom is 0.261 e. The number of rotatable bonds is 11. The number of anilines is 2. The summed E-state index contributed by atoms with van der Waals surface area (Å²) in [5.74, 6) is -2.49. The molecule has 2 fully saturated rings. The van der Waals surface area contributed by atoms with Crippen LogP contribution in [0.15, 0.2) is 60.7 Å². The van der Waals surface area contributed by atoms with Gasteiger partial charge in [-0.15, -0.1) is 20.4 Å². The summed E-state index contributed by atoms with van der Waals surface area (Å²) in [6, 6.07) is 19.1. The molecule has 4 heterocycles. The van der Waals surface area contributed by atoms with Gasteiger partial charge in [0.05, 0.1) is 0 Å². The van der Waals surface area contributed by atoms with Gasteiger partial charge in [0.15, 0.2) is 23.3 Å². The highest BCUT2D eigenvalue weighted by Gasteiger charge is 2.56. The molecule has 2 N–H and O–H groups in total. The van der Waals surface area contributed by atoms with Gasteiger partial charge in [-0.05, 0) is 58.6 Å². The second-order valence-electron chi connectivity index (χ2n) is 12.6. The van der Waals surface area contributed by atoms with Crippen molar-refractivity contribution >= 4 is 44.8 Å². The highest BCUT2D eigenvalue weighted by Crippen LogP contribution is 2.46. The molecule has 0 saturated carbocycles. The quantitative estimate of drug-likeness (QED) is 0.181. The smallest absolute Gasteiger partial charge is 0.261 e. The Balaban J connectivity index is 0.978. The molecule has 248 valence electrons. The molecule has 0 spiro atoms. The topological polar surface area (TPSA) is 147 Å². The lowest BCUT2D eigenvalue weighted by Crippen LogP contribution is -2.45. The molecule has 2 saturated heterocycles.